The van der Waals surface area contributed by atoms with Gasteiger partial charge in [-0.1, -0.05) is 11.2 Å². The van der Waals surface area contributed by atoms with Crippen molar-refractivity contribution in [2.24, 2.45) is 5.11 Å². The van der Waals surface area contributed by atoms with Crippen molar-refractivity contribution in [3.63, 3.8) is 0 Å². The molecule has 15 heavy (non-hydrogen) atoms. The summed E-state index contributed by atoms with van der Waals surface area (Å²) in [6.07, 6.45) is 0. The summed E-state index contributed by atoms with van der Waals surface area (Å²) in [6, 6.07) is 4.54. The molecule has 0 aliphatic rings. The molecule has 6 heteroatoms. The van der Waals surface area contributed by atoms with E-state index in [9.17, 15) is 4.79 Å². The molecule has 0 saturated carbocycles. The molecule has 0 bridgehead atoms. The molecule has 0 saturated heterocycles. The lowest BCUT2D eigenvalue weighted by molar-refractivity contribution is 0.0693. The summed E-state index contributed by atoms with van der Waals surface area (Å²) in [5.41, 5.74) is 8.92. The van der Waals surface area contributed by atoms with Gasteiger partial charge in [-0.3, -0.25) is 0 Å². The van der Waals surface area contributed by atoms with Crippen molar-refractivity contribution in [3.8, 4) is 5.75 Å². The molecule has 0 aromatic heterocycles. The number of hydrogen-bond acceptors (Lipinski definition) is 3. The van der Waals surface area contributed by atoms with Crippen molar-refractivity contribution >= 4 is 5.97 Å². The second-order valence-electron chi connectivity index (χ2n) is 2.73. The van der Waals surface area contributed by atoms with E-state index in [1.165, 1.54) is 19.2 Å². The topological polar surface area (TPSA) is 95.3 Å². The number of carboxylic acid groups (broad SMARTS) is 1. The third-order valence-electron chi connectivity index (χ3n) is 1.81. The maximum absolute atomic E-state index is 10.7. The highest BCUT2D eigenvalue weighted by Crippen LogP contribution is 2.20. The summed E-state index contributed by atoms with van der Waals surface area (Å²) in [4.78, 5) is 13.4. The van der Waals surface area contributed by atoms with Gasteiger partial charge in [-0.15, -0.1) is 0 Å². The molecule has 78 valence electrons. The lowest BCUT2D eigenvalue weighted by Gasteiger charge is -2.05. The van der Waals surface area contributed by atoms with E-state index in [-0.39, 0.29) is 17.9 Å². The van der Waals surface area contributed by atoms with Crippen molar-refractivity contribution in [1.29, 1.82) is 0 Å². The highest BCUT2D eigenvalue weighted by molar-refractivity contribution is 5.90. The average Bonchev–Trinajstić information content (AvgIpc) is 2.25. The molecule has 0 radical (unpaired) electrons. The van der Waals surface area contributed by atoms with Crippen molar-refractivity contribution in [3.05, 3.63) is 39.8 Å². The minimum absolute atomic E-state index is 0.0854. The molecule has 1 rings (SSSR count). The molecule has 0 fully saturated rings. The monoisotopic (exact) mass is 207 g/mol. The van der Waals surface area contributed by atoms with Crippen LogP contribution in [0.1, 0.15) is 15.9 Å². The Bertz CT molecular complexity index is 425. The van der Waals surface area contributed by atoms with Gasteiger partial charge in [0.05, 0.1) is 13.7 Å². The highest BCUT2D eigenvalue weighted by Gasteiger charge is 2.10. The van der Waals surface area contributed by atoms with Gasteiger partial charge < -0.3 is 9.84 Å². The molecule has 1 N–H and O–H groups in total. The maximum Gasteiger partial charge on any atom is 0.339 e. The zero-order valence-electron chi connectivity index (χ0n) is 8.04. The van der Waals surface area contributed by atoms with Crippen molar-refractivity contribution in [1.82, 2.24) is 0 Å². The molecule has 0 aliphatic carbocycles. The minimum atomic E-state index is -1.05. The first-order chi connectivity index (χ1) is 7.19. The van der Waals surface area contributed by atoms with Crippen LogP contribution in [0.5, 0.6) is 5.75 Å². The molecule has 0 heterocycles. The summed E-state index contributed by atoms with van der Waals surface area (Å²) < 4.78 is 4.91. The van der Waals surface area contributed by atoms with Crippen molar-refractivity contribution in [2.75, 3.05) is 7.11 Å². The van der Waals surface area contributed by atoms with E-state index in [2.05, 4.69) is 10.0 Å². The minimum Gasteiger partial charge on any atom is -0.496 e. The number of methoxy groups -OCH3 is 1. The van der Waals surface area contributed by atoms with Gasteiger partial charge in [0.2, 0.25) is 0 Å². The van der Waals surface area contributed by atoms with E-state index in [1.54, 1.807) is 6.07 Å². The van der Waals surface area contributed by atoms with Crippen molar-refractivity contribution < 1.29 is 14.6 Å². The van der Waals surface area contributed by atoms with Crippen LogP contribution in [0.4, 0.5) is 0 Å². The van der Waals surface area contributed by atoms with Crippen LogP contribution in [0.25, 0.3) is 10.4 Å². The molecule has 1 aromatic rings. The molecule has 1 aromatic carbocycles. The number of rotatable bonds is 4. The second kappa shape index (κ2) is 4.88. The first-order valence-corrected chi connectivity index (χ1v) is 4.10. The Morgan fingerprint density at radius 3 is 2.93 bits per heavy atom. The summed E-state index contributed by atoms with van der Waals surface area (Å²) in [5, 5.41) is 12.2. The first-order valence-electron chi connectivity index (χ1n) is 4.10. The Labute approximate surface area is 85.7 Å². The van der Waals surface area contributed by atoms with Gasteiger partial charge in [0.15, 0.2) is 0 Å². The van der Waals surface area contributed by atoms with Gasteiger partial charge in [0.25, 0.3) is 0 Å². The number of aromatic carboxylic acids is 1. The van der Waals surface area contributed by atoms with Crippen molar-refractivity contribution in [2.45, 2.75) is 6.54 Å². The quantitative estimate of drug-likeness (QED) is 0.465. The fourth-order valence-corrected chi connectivity index (χ4v) is 1.12. The SMILES string of the molecule is COc1cc(CN=[N+]=[N-])ccc1C(=O)O. The van der Waals surface area contributed by atoms with Gasteiger partial charge in [-0.05, 0) is 23.2 Å². The van der Waals surface area contributed by atoms with Gasteiger partial charge in [-0.2, -0.15) is 0 Å². The summed E-state index contributed by atoms with van der Waals surface area (Å²) >= 11 is 0. The van der Waals surface area contributed by atoms with Crippen LogP contribution in [0.2, 0.25) is 0 Å². The number of carbonyl (C=O) groups is 1. The van der Waals surface area contributed by atoms with Crippen LogP contribution < -0.4 is 4.74 Å². The molecule has 0 aliphatic heterocycles. The Morgan fingerprint density at radius 2 is 2.40 bits per heavy atom. The molecule has 0 spiro atoms. The molecular weight excluding hydrogens is 198 g/mol. The third-order valence-corrected chi connectivity index (χ3v) is 1.81. The average molecular weight is 207 g/mol. The Hall–Kier alpha value is -2.20. The van der Waals surface area contributed by atoms with E-state index in [4.69, 9.17) is 15.4 Å². The summed E-state index contributed by atoms with van der Waals surface area (Å²) in [7, 11) is 1.39. The van der Waals surface area contributed by atoms with Gasteiger partial charge in [-0.25, -0.2) is 4.79 Å². The highest BCUT2D eigenvalue weighted by atomic mass is 16.5. The van der Waals surface area contributed by atoms with Crippen LogP contribution in [0.15, 0.2) is 23.3 Å². The van der Waals surface area contributed by atoms with Crippen LogP contribution >= 0.6 is 0 Å². The van der Waals surface area contributed by atoms with E-state index in [0.717, 1.165) is 0 Å². The number of hydrogen-bond donors (Lipinski definition) is 1. The van der Waals surface area contributed by atoms with E-state index >= 15 is 0 Å². The fourth-order valence-electron chi connectivity index (χ4n) is 1.12. The second-order valence-corrected chi connectivity index (χ2v) is 2.73. The number of carboxylic acids is 1. The molecular formula is C9H9N3O3. The predicted octanol–water partition coefficient (Wildman–Crippen LogP) is 2.20. The van der Waals surface area contributed by atoms with Gasteiger partial charge >= 0.3 is 5.97 Å². The zero-order valence-corrected chi connectivity index (χ0v) is 8.04. The van der Waals surface area contributed by atoms with E-state index in [1.807, 2.05) is 0 Å². The predicted molar refractivity (Wildman–Crippen MR) is 52.8 cm³/mol. The van der Waals surface area contributed by atoms with Gasteiger partial charge in [0, 0.05) is 4.91 Å². The maximum atomic E-state index is 10.7. The van der Waals surface area contributed by atoms with Crippen LogP contribution in [-0.4, -0.2) is 18.2 Å². The Kier molecular flexibility index (Phi) is 3.54. The third kappa shape index (κ3) is 2.62. The summed E-state index contributed by atoms with van der Waals surface area (Å²) in [5.74, 6) is -0.796. The standard InChI is InChI=1S/C9H9N3O3/c1-15-8-4-6(5-11-12-10)2-3-7(8)9(13)14/h2-4H,5H2,1H3,(H,13,14). The number of nitrogens with zero attached hydrogens (tertiary/aromatic N) is 3. The lowest BCUT2D eigenvalue weighted by atomic mass is 10.1. The molecule has 0 amide bonds. The largest absolute Gasteiger partial charge is 0.496 e. The van der Waals surface area contributed by atoms with Crippen LogP contribution in [0, 0.1) is 0 Å². The Morgan fingerprint density at radius 1 is 1.67 bits per heavy atom. The number of azide groups is 1. The van der Waals surface area contributed by atoms with E-state index in [0.29, 0.717) is 5.56 Å². The summed E-state index contributed by atoms with van der Waals surface area (Å²) in [6.45, 7) is 0.173. The number of ether oxygens (including phenoxy) is 1. The smallest absolute Gasteiger partial charge is 0.339 e. The lowest BCUT2D eigenvalue weighted by Crippen LogP contribution is -2.00. The normalized spacial score (nSPS) is 9.13. The molecule has 0 atom stereocenters. The molecule has 0 unspecified atom stereocenters. The van der Waals surface area contributed by atoms with Crippen LogP contribution in [0.3, 0.4) is 0 Å². The molecule has 6 nitrogen and oxygen atoms in total. The Balaban J connectivity index is 3.07. The fraction of sp³-hybridized carbons (Fsp3) is 0.222. The zero-order chi connectivity index (χ0) is 11.3. The first kappa shape index (κ1) is 10.9. The van der Waals surface area contributed by atoms with Crippen LogP contribution in [-0.2, 0) is 6.54 Å². The number of benzene rings is 1. The van der Waals surface area contributed by atoms with E-state index < -0.39 is 5.97 Å². The van der Waals surface area contributed by atoms with Gasteiger partial charge in [0.1, 0.15) is 11.3 Å².